The summed E-state index contributed by atoms with van der Waals surface area (Å²) in [4.78, 5) is 0. The van der Waals surface area contributed by atoms with Gasteiger partial charge in [-0.15, -0.1) is 9.24 Å². The van der Waals surface area contributed by atoms with Gasteiger partial charge in [-0.05, 0) is 42.2 Å². The first-order valence-corrected chi connectivity index (χ1v) is 5.12. The lowest BCUT2D eigenvalue weighted by Gasteiger charge is -2.42. The normalized spacial score (nSPS) is 59.7. The van der Waals surface area contributed by atoms with E-state index in [0.29, 0.717) is 0 Å². The second-order valence-electron chi connectivity index (χ2n) is 4.33. The lowest BCUT2D eigenvalue weighted by atomic mass is 9.65. The standard InChI is InChI=1S/C9H17P/c1-5-4-8(10)9-6(2)3-7(5)9/h5-9H,3-4,10H2,1-2H3. The van der Waals surface area contributed by atoms with Crippen molar-refractivity contribution in [3.05, 3.63) is 0 Å². The predicted octanol–water partition coefficient (Wildman–Crippen LogP) is 2.54. The Kier molecular flexibility index (Phi) is 1.57. The van der Waals surface area contributed by atoms with Crippen LogP contribution in [-0.4, -0.2) is 5.66 Å². The molecule has 10 heavy (non-hydrogen) atoms. The Balaban J connectivity index is 2.09. The van der Waals surface area contributed by atoms with Gasteiger partial charge in [0.2, 0.25) is 0 Å². The summed E-state index contributed by atoms with van der Waals surface area (Å²) in [5.41, 5.74) is 0.948. The van der Waals surface area contributed by atoms with Crippen molar-refractivity contribution in [2.75, 3.05) is 0 Å². The molecule has 0 aromatic carbocycles. The average molecular weight is 156 g/mol. The third-order valence-corrected chi connectivity index (χ3v) is 4.38. The van der Waals surface area contributed by atoms with Gasteiger partial charge in [-0.2, -0.15) is 0 Å². The first-order valence-electron chi connectivity index (χ1n) is 4.45. The van der Waals surface area contributed by atoms with Crippen LogP contribution in [-0.2, 0) is 0 Å². The fourth-order valence-electron chi connectivity index (χ4n) is 3.08. The molecule has 2 aliphatic carbocycles. The summed E-state index contributed by atoms with van der Waals surface area (Å²) in [5.74, 6) is 4.21. The van der Waals surface area contributed by atoms with Crippen LogP contribution in [0.25, 0.3) is 0 Å². The minimum absolute atomic E-state index is 0.948. The predicted molar refractivity (Wildman–Crippen MR) is 48.0 cm³/mol. The molecule has 0 N–H and O–H groups in total. The minimum Gasteiger partial charge on any atom is -0.134 e. The minimum atomic E-state index is 0.948. The molecule has 0 amide bonds. The summed E-state index contributed by atoms with van der Waals surface area (Å²) in [6.45, 7) is 4.84. The van der Waals surface area contributed by atoms with Crippen molar-refractivity contribution < 1.29 is 0 Å². The van der Waals surface area contributed by atoms with E-state index in [9.17, 15) is 0 Å². The molecule has 6 atom stereocenters. The molecule has 0 aromatic rings. The maximum atomic E-state index is 3.03. The lowest BCUT2D eigenvalue weighted by Crippen LogP contribution is -2.36. The van der Waals surface area contributed by atoms with E-state index in [1.165, 1.54) is 12.8 Å². The van der Waals surface area contributed by atoms with Crippen LogP contribution in [0.4, 0.5) is 0 Å². The molecule has 0 saturated heterocycles. The van der Waals surface area contributed by atoms with E-state index >= 15 is 0 Å². The zero-order valence-electron chi connectivity index (χ0n) is 6.88. The van der Waals surface area contributed by atoms with Gasteiger partial charge in [-0.25, -0.2) is 0 Å². The maximum absolute atomic E-state index is 3.03. The average Bonchev–Trinajstić information content (AvgIpc) is 2.01. The number of fused-ring (bicyclic) bond motifs is 1. The van der Waals surface area contributed by atoms with Crippen molar-refractivity contribution in [2.45, 2.75) is 32.3 Å². The first kappa shape index (κ1) is 7.10. The molecule has 1 heteroatoms. The molecule has 0 spiro atoms. The van der Waals surface area contributed by atoms with Gasteiger partial charge in [0, 0.05) is 0 Å². The van der Waals surface area contributed by atoms with E-state index in [1.54, 1.807) is 0 Å². The Morgan fingerprint density at radius 2 is 1.80 bits per heavy atom. The highest BCUT2D eigenvalue weighted by molar-refractivity contribution is 7.17. The van der Waals surface area contributed by atoms with E-state index in [2.05, 4.69) is 23.1 Å². The summed E-state index contributed by atoms with van der Waals surface area (Å²) in [6, 6.07) is 0. The van der Waals surface area contributed by atoms with Crippen LogP contribution in [0, 0.1) is 23.7 Å². The Morgan fingerprint density at radius 3 is 2.20 bits per heavy atom. The molecule has 0 aliphatic heterocycles. The number of hydrogen-bond donors (Lipinski definition) is 0. The Bertz CT molecular complexity index is 144. The van der Waals surface area contributed by atoms with Crippen LogP contribution in [0.5, 0.6) is 0 Å². The van der Waals surface area contributed by atoms with Crippen molar-refractivity contribution in [1.29, 1.82) is 0 Å². The van der Waals surface area contributed by atoms with E-state index < -0.39 is 0 Å². The van der Waals surface area contributed by atoms with Crippen molar-refractivity contribution in [1.82, 2.24) is 0 Å². The monoisotopic (exact) mass is 156 g/mol. The highest BCUT2D eigenvalue weighted by atomic mass is 31.0. The third-order valence-electron chi connectivity index (χ3n) is 3.66. The number of hydrogen-bond acceptors (Lipinski definition) is 0. The van der Waals surface area contributed by atoms with E-state index in [4.69, 9.17) is 0 Å². The molecular formula is C9H17P. The Labute approximate surface area is 66.0 Å². The summed E-state index contributed by atoms with van der Waals surface area (Å²) in [6.07, 6.45) is 2.97. The van der Waals surface area contributed by atoms with Crippen LogP contribution < -0.4 is 0 Å². The van der Waals surface area contributed by atoms with Gasteiger partial charge >= 0.3 is 0 Å². The van der Waals surface area contributed by atoms with E-state index in [1.807, 2.05) is 0 Å². The van der Waals surface area contributed by atoms with Crippen molar-refractivity contribution in [3.63, 3.8) is 0 Å². The SMILES string of the molecule is CC1CC(P)C2C(C)CC12. The van der Waals surface area contributed by atoms with Crippen LogP contribution >= 0.6 is 9.24 Å². The van der Waals surface area contributed by atoms with Crippen molar-refractivity contribution >= 4 is 9.24 Å². The van der Waals surface area contributed by atoms with E-state index in [-0.39, 0.29) is 0 Å². The molecule has 58 valence electrons. The molecule has 2 fully saturated rings. The molecule has 2 aliphatic rings. The van der Waals surface area contributed by atoms with Gasteiger partial charge in [0.25, 0.3) is 0 Å². The van der Waals surface area contributed by atoms with Crippen LogP contribution in [0.2, 0.25) is 0 Å². The summed E-state index contributed by atoms with van der Waals surface area (Å²) in [5, 5.41) is 0. The molecule has 6 unspecified atom stereocenters. The van der Waals surface area contributed by atoms with Crippen molar-refractivity contribution in [3.8, 4) is 0 Å². The summed E-state index contributed by atoms with van der Waals surface area (Å²) in [7, 11) is 3.03. The van der Waals surface area contributed by atoms with E-state index in [0.717, 1.165) is 29.3 Å². The quantitative estimate of drug-likeness (QED) is 0.473. The molecule has 0 bridgehead atoms. The second kappa shape index (κ2) is 2.21. The molecule has 2 saturated carbocycles. The van der Waals surface area contributed by atoms with Gasteiger partial charge in [-0.3, -0.25) is 0 Å². The highest BCUT2D eigenvalue weighted by Gasteiger charge is 2.49. The molecule has 0 radical (unpaired) electrons. The maximum Gasteiger partial charge on any atom is -0.0228 e. The van der Waals surface area contributed by atoms with Gasteiger partial charge in [-0.1, -0.05) is 13.8 Å². The van der Waals surface area contributed by atoms with Crippen LogP contribution in [0.1, 0.15) is 26.7 Å². The largest absolute Gasteiger partial charge is 0.134 e. The first-order chi connectivity index (χ1) is 4.70. The van der Waals surface area contributed by atoms with Crippen LogP contribution in [0.15, 0.2) is 0 Å². The van der Waals surface area contributed by atoms with Gasteiger partial charge < -0.3 is 0 Å². The zero-order valence-corrected chi connectivity index (χ0v) is 8.03. The van der Waals surface area contributed by atoms with Crippen molar-refractivity contribution in [2.24, 2.45) is 23.7 Å². The zero-order chi connectivity index (χ0) is 7.30. The molecule has 0 heterocycles. The topological polar surface area (TPSA) is 0 Å². The third kappa shape index (κ3) is 0.780. The second-order valence-corrected chi connectivity index (χ2v) is 5.19. The summed E-state index contributed by atoms with van der Waals surface area (Å²) < 4.78 is 0. The number of rotatable bonds is 0. The molecular weight excluding hydrogens is 139 g/mol. The Hall–Kier alpha value is 0.430. The van der Waals surface area contributed by atoms with Gasteiger partial charge in [0.1, 0.15) is 0 Å². The fourth-order valence-corrected chi connectivity index (χ4v) is 4.18. The summed E-state index contributed by atoms with van der Waals surface area (Å²) >= 11 is 0. The fraction of sp³-hybridized carbons (Fsp3) is 1.00. The highest BCUT2D eigenvalue weighted by Crippen LogP contribution is 2.56. The Morgan fingerprint density at radius 1 is 1.10 bits per heavy atom. The molecule has 2 rings (SSSR count). The van der Waals surface area contributed by atoms with Gasteiger partial charge in [0.05, 0.1) is 0 Å². The smallest absolute Gasteiger partial charge is 0.0228 e. The lowest BCUT2D eigenvalue weighted by molar-refractivity contribution is 0.0964. The van der Waals surface area contributed by atoms with Crippen LogP contribution in [0.3, 0.4) is 0 Å². The van der Waals surface area contributed by atoms with Gasteiger partial charge in [0.15, 0.2) is 0 Å². The molecule has 0 aromatic heterocycles. The molecule has 0 nitrogen and oxygen atoms in total.